The SMILES string of the molecule is C=C1C(C(N)=O)=C(O)[C@@H](N(C)C)C2C[C@@H]3Cc4c(F)c(CN(C)[C@@H](C)C(C)C)cc(O)c4C(O)=C3C(=O)C12. The van der Waals surface area contributed by atoms with E-state index in [1.807, 2.05) is 11.9 Å². The fourth-order valence-corrected chi connectivity index (χ4v) is 6.58. The first-order valence-electron chi connectivity index (χ1n) is 13.0. The largest absolute Gasteiger partial charge is 0.510 e. The Morgan fingerprint density at radius 1 is 1.21 bits per heavy atom. The zero-order valence-electron chi connectivity index (χ0n) is 22.9. The first kappa shape index (κ1) is 27.9. The summed E-state index contributed by atoms with van der Waals surface area (Å²) in [5.41, 5.74) is 5.99. The van der Waals surface area contributed by atoms with Crippen LogP contribution in [0, 0.1) is 29.5 Å². The van der Waals surface area contributed by atoms with Gasteiger partial charge < -0.3 is 21.1 Å². The van der Waals surface area contributed by atoms with Gasteiger partial charge in [0.1, 0.15) is 23.1 Å². The number of phenolic OH excluding ortho intramolecular Hbond substituents is 1. The number of aromatic hydroxyl groups is 1. The van der Waals surface area contributed by atoms with Crippen LogP contribution in [-0.4, -0.2) is 70.0 Å². The monoisotopic (exact) mass is 527 g/mol. The molecule has 1 aromatic carbocycles. The van der Waals surface area contributed by atoms with Crippen molar-refractivity contribution in [2.24, 2.45) is 29.4 Å². The van der Waals surface area contributed by atoms with Gasteiger partial charge in [0.05, 0.1) is 23.1 Å². The Labute approximate surface area is 222 Å². The third-order valence-electron chi connectivity index (χ3n) is 8.82. The number of phenols is 1. The molecule has 0 heterocycles. The topological polar surface area (TPSA) is 127 Å². The molecule has 5 atom stereocenters. The van der Waals surface area contributed by atoms with Crippen molar-refractivity contribution in [3.8, 4) is 5.75 Å². The highest BCUT2D eigenvalue weighted by Crippen LogP contribution is 2.52. The van der Waals surface area contributed by atoms with Gasteiger partial charge in [-0.3, -0.25) is 19.4 Å². The Bertz CT molecular complexity index is 1280. The lowest BCUT2D eigenvalue weighted by molar-refractivity contribution is -0.123. The zero-order chi connectivity index (χ0) is 28.4. The molecule has 38 heavy (non-hydrogen) atoms. The summed E-state index contributed by atoms with van der Waals surface area (Å²) >= 11 is 0. The lowest BCUT2D eigenvalue weighted by Crippen LogP contribution is -2.52. The Morgan fingerprint density at radius 2 is 1.84 bits per heavy atom. The molecule has 8 nitrogen and oxygen atoms in total. The fourth-order valence-electron chi connectivity index (χ4n) is 6.58. The second kappa shape index (κ2) is 9.85. The van der Waals surface area contributed by atoms with Crippen LogP contribution in [0.4, 0.5) is 4.39 Å². The van der Waals surface area contributed by atoms with Crippen LogP contribution in [0.2, 0.25) is 0 Å². The molecule has 1 saturated carbocycles. The molecule has 0 saturated heterocycles. The quantitative estimate of drug-likeness (QED) is 0.446. The Morgan fingerprint density at radius 3 is 2.39 bits per heavy atom. The number of aliphatic hydroxyl groups is 2. The van der Waals surface area contributed by atoms with Gasteiger partial charge in [0.25, 0.3) is 5.91 Å². The number of primary amides is 1. The number of benzene rings is 1. The van der Waals surface area contributed by atoms with Gasteiger partial charge in [0.2, 0.25) is 0 Å². The number of carbonyl (C=O) groups excluding carboxylic acids is 2. The van der Waals surface area contributed by atoms with E-state index >= 15 is 4.39 Å². The first-order valence-corrected chi connectivity index (χ1v) is 13.0. The molecule has 3 aliphatic carbocycles. The van der Waals surface area contributed by atoms with Crippen molar-refractivity contribution >= 4 is 17.4 Å². The number of amides is 1. The number of ketones is 1. The lowest BCUT2D eigenvalue weighted by atomic mass is 9.58. The number of aliphatic hydroxyl groups excluding tert-OH is 2. The number of likely N-dealkylation sites (N-methyl/N-ethyl adjacent to an activating group) is 1. The van der Waals surface area contributed by atoms with Crippen molar-refractivity contribution in [2.75, 3.05) is 21.1 Å². The van der Waals surface area contributed by atoms with Crippen molar-refractivity contribution in [3.63, 3.8) is 0 Å². The number of nitrogens with zero attached hydrogens (tertiary/aromatic N) is 2. The molecule has 1 fully saturated rings. The highest BCUT2D eigenvalue weighted by Gasteiger charge is 2.53. The van der Waals surface area contributed by atoms with Crippen LogP contribution in [0.25, 0.3) is 5.76 Å². The van der Waals surface area contributed by atoms with Crippen molar-refractivity contribution in [1.82, 2.24) is 9.80 Å². The van der Waals surface area contributed by atoms with Gasteiger partial charge in [-0.15, -0.1) is 0 Å². The molecule has 9 heteroatoms. The predicted molar refractivity (Wildman–Crippen MR) is 143 cm³/mol. The van der Waals surface area contributed by atoms with Gasteiger partial charge in [0, 0.05) is 29.3 Å². The second-order valence-electron chi connectivity index (χ2n) is 11.6. The Hall–Kier alpha value is -3.17. The summed E-state index contributed by atoms with van der Waals surface area (Å²) in [5.74, 6) is -4.35. The molecule has 2 unspecified atom stereocenters. The van der Waals surface area contributed by atoms with Crippen LogP contribution in [0.3, 0.4) is 0 Å². The third kappa shape index (κ3) is 4.22. The van der Waals surface area contributed by atoms with E-state index in [0.717, 1.165) is 0 Å². The summed E-state index contributed by atoms with van der Waals surface area (Å²) in [5, 5.41) is 33.1. The second-order valence-corrected chi connectivity index (χ2v) is 11.6. The standard InChI is InChI=1S/C29H38FN3O5/c1-12(2)14(4)33(7)11-16-10-19(34)23-17(24(16)30)8-15-9-18-20(26(35)22(15)27(23)36)13(3)21(29(31)38)28(37)25(18)32(5)6/h10,12,14-15,18,20,25,34,36-37H,3,8-9,11H2,1-2,4-7H3,(H2,31,38)/t14-,15-,18?,20?,25-/m0/s1. The maximum absolute atomic E-state index is 15.9. The van der Waals surface area contributed by atoms with Crippen LogP contribution < -0.4 is 5.73 Å². The molecule has 5 N–H and O–H groups in total. The van der Waals surface area contributed by atoms with Crippen LogP contribution in [-0.2, 0) is 22.6 Å². The summed E-state index contributed by atoms with van der Waals surface area (Å²) in [4.78, 5) is 29.8. The van der Waals surface area contributed by atoms with Gasteiger partial charge >= 0.3 is 0 Å². The average molecular weight is 528 g/mol. The van der Waals surface area contributed by atoms with E-state index in [0.29, 0.717) is 17.9 Å². The van der Waals surface area contributed by atoms with Crippen molar-refractivity contribution in [1.29, 1.82) is 0 Å². The number of hydrogen-bond acceptors (Lipinski definition) is 7. The molecule has 206 valence electrons. The minimum Gasteiger partial charge on any atom is -0.510 e. The van der Waals surface area contributed by atoms with Gasteiger partial charge in [0.15, 0.2) is 5.78 Å². The van der Waals surface area contributed by atoms with E-state index in [2.05, 4.69) is 27.4 Å². The molecule has 0 bridgehead atoms. The molecule has 1 amide bonds. The van der Waals surface area contributed by atoms with Crippen LogP contribution >= 0.6 is 0 Å². The van der Waals surface area contributed by atoms with E-state index in [4.69, 9.17) is 5.73 Å². The van der Waals surface area contributed by atoms with E-state index in [9.17, 15) is 24.9 Å². The number of Topliss-reactive ketones (excluding diaryl/α,β-unsaturated/α-hetero) is 1. The number of hydrogen-bond donors (Lipinski definition) is 4. The maximum atomic E-state index is 15.9. The van der Waals surface area contributed by atoms with E-state index in [1.54, 1.807) is 19.0 Å². The van der Waals surface area contributed by atoms with E-state index < -0.39 is 47.1 Å². The first-order chi connectivity index (χ1) is 17.7. The van der Waals surface area contributed by atoms with Gasteiger partial charge in [-0.2, -0.15) is 0 Å². The fraction of sp³-hybridized carbons (Fsp3) is 0.517. The molecule has 4 rings (SSSR count). The number of nitrogens with two attached hydrogens (primary N) is 1. The smallest absolute Gasteiger partial charge is 0.252 e. The predicted octanol–water partition coefficient (Wildman–Crippen LogP) is 3.45. The van der Waals surface area contributed by atoms with E-state index in [1.165, 1.54) is 6.07 Å². The van der Waals surface area contributed by atoms with Crippen LogP contribution in [0.15, 0.2) is 35.1 Å². The average Bonchev–Trinajstić information content (AvgIpc) is 2.80. The Balaban J connectivity index is 1.81. The molecule has 0 aromatic heterocycles. The number of rotatable bonds is 6. The lowest BCUT2D eigenvalue weighted by Gasteiger charge is -2.47. The van der Waals surface area contributed by atoms with Crippen molar-refractivity contribution in [2.45, 2.75) is 52.2 Å². The van der Waals surface area contributed by atoms with Crippen LogP contribution in [0.1, 0.15) is 43.9 Å². The maximum Gasteiger partial charge on any atom is 0.252 e. The molecule has 3 aliphatic rings. The minimum absolute atomic E-state index is 0.0667. The Kier molecular flexibility index (Phi) is 7.22. The highest BCUT2D eigenvalue weighted by molar-refractivity contribution is 6.09. The molecule has 1 aromatic rings. The minimum atomic E-state index is -0.895. The number of allylic oxidation sites excluding steroid dienone is 1. The summed E-state index contributed by atoms with van der Waals surface area (Å²) in [6.45, 7) is 10.4. The normalized spacial score (nSPS) is 26.2. The summed E-state index contributed by atoms with van der Waals surface area (Å²) in [6.07, 6.45) is 0.446. The number of fused-ring (bicyclic) bond motifs is 3. The number of halogens is 1. The van der Waals surface area contributed by atoms with Crippen LogP contribution in [0.5, 0.6) is 5.75 Å². The summed E-state index contributed by atoms with van der Waals surface area (Å²) in [6, 6.07) is 0.810. The van der Waals surface area contributed by atoms with Gasteiger partial charge in [-0.1, -0.05) is 20.4 Å². The summed E-state index contributed by atoms with van der Waals surface area (Å²) in [7, 11) is 5.35. The number of carbonyl (C=O) groups is 2. The summed E-state index contributed by atoms with van der Waals surface area (Å²) < 4.78 is 15.9. The molecule has 0 radical (unpaired) electrons. The molecular weight excluding hydrogens is 489 g/mol. The molecule has 0 spiro atoms. The third-order valence-corrected chi connectivity index (χ3v) is 8.82. The van der Waals surface area contributed by atoms with Crippen molar-refractivity contribution in [3.05, 3.63) is 57.6 Å². The van der Waals surface area contributed by atoms with Crippen molar-refractivity contribution < 1.29 is 29.3 Å². The zero-order valence-corrected chi connectivity index (χ0v) is 22.9. The van der Waals surface area contributed by atoms with Gasteiger partial charge in [-0.05, 0) is 70.3 Å². The van der Waals surface area contributed by atoms with E-state index in [-0.39, 0.29) is 58.4 Å². The molecular formula is C29H38FN3O5. The highest BCUT2D eigenvalue weighted by atomic mass is 19.1. The molecule has 0 aliphatic heterocycles. The van der Waals surface area contributed by atoms with Gasteiger partial charge in [-0.25, -0.2) is 4.39 Å².